The highest BCUT2D eigenvalue weighted by Gasteiger charge is 2.46. The van der Waals surface area contributed by atoms with Crippen molar-refractivity contribution < 1.29 is 8.99 Å². The number of aromatic nitrogens is 4. The molecule has 0 bridgehead atoms. The molecule has 1 atom stereocenters. The topological polar surface area (TPSA) is 43.8 Å². The first-order valence-electron chi connectivity index (χ1n) is 9.91. The predicted molar refractivity (Wildman–Crippen MR) is 106 cm³/mol. The summed E-state index contributed by atoms with van der Waals surface area (Å²) in [7, 11) is -1.83. The minimum absolute atomic E-state index is 0.380. The Labute approximate surface area is 158 Å². The molecule has 0 fully saturated rings. The van der Waals surface area contributed by atoms with Gasteiger partial charge in [-0.1, -0.05) is 52.3 Å². The second kappa shape index (κ2) is 7.60. The maximum Gasteiger partial charge on any atom is 0.278 e. The van der Waals surface area contributed by atoms with Crippen LogP contribution in [0.25, 0.3) is 5.82 Å². The molecule has 1 aliphatic rings. The van der Waals surface area contributed by atoms with E-state index in [-0.39, 0.29) is 0 Å². The maximum absolute atomic E-state index is 6.84. The summed E-state index contributed by atoms with van der Waals surface area (Å²) in [6.07, 6.45) is 6.01. The van der Waals surface area contributed by atoms with E-state index < -0.39 is 8.32 Å². The van der Waals surface area contributed by atoms with Gasteiger partial charge >= 0.3 is 0 Å². The van der Waals surface area contributed by atoms with Gasteiger partial charge < -0.3 is 4.43 Å². The molecule has 1 aliphatic heterocycles. The quantitative estimate of drug-likeness (QED) is 0.539. The lowest BCUT2D eigenvalue weighted by atomic mass is 10.2. The van der Waals surface area contributed by atoms with E-state index in [9.17, 15) is 0 Å². The molecule has 26 heavy (non-hydrogen) atoms. The van der Waals surface area contributed by atoms with Crippen LogP contribution in [-0.4, -0.2) is 29.7 Å². The van der Waals surface area contributed by atoms with Gasteiger partial charge in [0.15, 0.2) is 0 Å². The van der Waals surface area contributed by atoms with Crippen molar-refractivity contribution in [2.45, 2.75) is 77.0 Å². The summed E-state index contributed by atoms with van der Waals surface area (Å²) in [6.45, 7) is 14.9. The zero-order valence-corrected chi connectivity index (χ0v) is 18.0. The molecule has 0 saturated heterocycles. The molecule has 3 rings (SSSR count). The lowest BCUT2D eigenvalue weighted by Crippen LogP contribution is -2.50. The molecule has 6 heteroatoms. The third-order valence-electron chi connectivity index (χ3n) is 5.97. The van der Waals surface area contributed by atoms with Crippen molar-refractivity contribution in [3.63, 3.8) is 0 Å². The van der Waals surface area contributed by atoms with Crippen LogP contribution in [0.1, 0.15) is 59.8 Å². The first-order chi connectivity index (χ1) is 12.4. The molecule has 5 nitrogen and oxygen atoms in total. The zero-order chi connectivity index (χ0) is 18.9. The van der Waals surface area contributed by atoms with Gasteiger partial charge in [-0.05, 0) is 29.1 Å². The summed E-state index contributed by atoms with van der Waals surface area (Å²) in [4.78, 5) is 4.40. The van der Waals surface area contributed by atoms with Gasteiger partial charge in [0.2, 0.25) is 20.5 Å². The van der Waals surface area contributed by atoms with Crippen LogP contribution in [0.2, 0.25) is 16.6 Å². The Hall–Kier alpha value is -1.53. The Bertz CT molecular complexity index is 705. The largest absolute Gasteiger partial charge is 0.412 e. The molecule has 0 amide bonds. The lowest BCUT2D eigenvalue weighted by molar-refractivity contribution is -0.718. The number of hydrogen-bond acceptors (Lipinski definition) is 3. The number of pyridine rings is 1. The van der Waals surface area contributed by atoms with Crippen molar-refractivity contribution >= 4 is 8.32 Å². The van der Waals surface area contributed by atoms with Crippen LogP contribution >= 0.6 is 0 Å². The van der Waals surface area contributed by atoms with Crippen molar-refractivity contribution in [3.05, 3.63) is 36.5 Å². The lowest BCUT2D eigenvalue weighted by Gasteiger charge is -2.42. The summed E-state index contributed by atoms with van der Waals surface area (Å²) in [6, 6.07) is 6.29. The number of hydrogen-bond donors (Lipinski definition) is 0. The minimum Gasteiger partial charge on any atom is -0.412 e. The summed E-state index contributed by atoms with van der Waals surface area (Å²) in [5, 5.41) is 4.73. The molecule has 142 valence electrons. The van der Waals surface area contributed by atoms with Crippen LogP contribution < -0.4 is 4.57 Å². The summed E-state index contributed by atoms with van der Waals surface area (Å²) < 4.78 is 11.0. The third kappa shape index (κ3) is 3.37. The molecule has 0 saturated carbocycles. The Morgan fingerprint density at radius 3 is 2.42 bits per heavy atom. The van der Waals surface area contributed by atoms with Crippen molar-refractivity contribution in [2.75, 3.05) is 6.61 Å². The zero-order valence-electron chi connectivity index (χ0n) is 17.0. The normalized spacial score (nSPS) is 17.5. The van der Waals surface area contributed by atoms with Gasteiger partial charge in [0, 0.05) is 23.8 Å². The van der Waals surface area contributed by atoms with Gasteiger partial charge in [0.25, 0.3) is 5.82 Å². The van der Waals surface area contributed by atoms with Crippen LogP contribution in [0.3, 0.4) is 0 Å². The summed E-state index contributed by atoms with van der Waals surface area (Å²) >= 11 is 0. The second-order valence-electron chi connectivity index (χ2n) is 8.39. The predicted octanol–water partition coefficient (Wildman–Crippen LogP) is 4.23. The minimum atomic E-state index is -1.83. The van der Waals surface area contributed by atoms with E-state index in [2.05, 4.69) is 57.4 Å². The third-order valence-corrected chi connectivity index (χ3v) is 12.0. The molecule has 0 spiro atoms. The molecule has 0 radical (unpaired) electrons. The van der Waals surface area contributed by atoms with E-state index >= 15 is 0 Å². The second-order valence-corrected chi connectivity index (χ2v) is 13.9. The Kier molecular flexibility index (Phi) is 5.63. The SMILES string of the molecule is CC(C)[Si](OC[C@@H]1CCc2nn(-c3ccccn3)c[n+]21)(C(C)C)C(C)C. The van der Waals surface area contributed by atoms with E-state index in [1.807, 2.05) is 22.9 Å². The molecular formula is C20H33N4OSi+. The first kappa shape index (κ1) is 19.2. The van der Waals surface area contributed by atoms with Crippen LogP contribution in [-0.2, 0) is 10.8 Å². The molecular weight excluding hydrogens is 340 g/mol. The van der Waals surface area contributed by atoms with E-state index in [1.165, 1.54) is 0 Å². The molecule has 0 aromatic carbocycles. The Morgan fingerprint density at radius 1 is 1.15 bits per heavy atom. The molecule has 0 unspecified atom stereocenters. The molecule has 2 aromatic rings. The van der Waals surface area contributed by atoms with Crippen molar-refractivity contribution in [2.24, 2.45) is 0 Å². The van der Waals surface area contributed by atoms with Gasteiger partial charge in [-0.3, -0.25) is 0 Å². The average Bonchev–Trinajstić information content (AvgIpc) is 3.16. The van der Waals surface area contributed by atoms with Crippen LogP contribution in [0.4, 0.5) is 0 Å². The highest BCUT2D eigenvalue weighted by Crippen LogP contribution is 2.42. The van der Waals surface area contributed by atoms with Crippen LogP contribution in [0.5, 0.6) is 0 Å². The molecule has 2 aromatic heterocycles. The highest BCUT2D eigenvalue weighted by atomic mass is 28.4. The number of fused-ring (bicyclic) bond motifs is 1. The van der Waals surface area contributed by atoms with E-state index in [1.54, 1.807) is 6.20 Å². The van der Waals surface area contributed by atoms with Crippen molar-refractivity contribution in [1.82, 2.24) is 14.8 Å². The van der Waals surface area contributed by atoms with Gasteiger partial charge in [0.05, 0.1) is 6.61 Å². The Morgan fingerprint density at radius 2 is 1.85 bits per heavy atom. The average molecular weight is 374 g/mol. The Balaban J connectivity index is 1.78. The monoisotopic (exact) mass is 373 g/mol. The standard InChI is InChI=1S/C20H33N4OSi/c1-15(2)26(16(3)4,17(5)6)25-13-18-10-11-20-22-24(14-23(18)20)19-9-7-8-12-21-19/h7-9,12,14-18H,10-11,13H2,1-6H3/q+1/t18-/m0/s1. The highest BCUT2D eigenvalue weighted by molar-refractivity contribution is 6.77. The fourth-order valence-corrected chi connectivity index (χ4v) is 10.3. The smallest absolute Gasteiger partial charge is 0.278 e. The molecule has 0 aliphatic carbocycles. The van der Waals surface area contributed by atoms with Crippen LogP contribution in [0.15, 0.2) is 30.7 Å². The van der Waals surface area contributed by atoms with E-state index in [4.69, 9.17) is 9.52 Å². The number of rotatable bonds is 7. The molecule has 3 heterocycles. The summed E-state index contributed by atoms with van der Waals surface area (Å²) in [5.74, 6) is 2.00. The van der Waals surface area contributed by atoms with Crippen molar-refractivity contribution in [1.29, 1.82) is 0 Å². The summed E-state index contributed by atoms with van der Waals surface area (Å²) in [5.41, 5.74) is 1.85. The first-order valence-corrected chi connectivity index (χ1v) is 12.0. The number of aryl methyl sites for hydroxylation is 1. The molecule has 0 N–H and O–H groups in total. The van der Waals surface area contributed by atoms with E-state index in [0.717, 1.165) is 31.1 Å². The fourth-order valence-electron chi connectivity index (χ4n) is 4.81. The number of nitrogens with zero attached hydrogens (tertiary/aromatic N) is 4. The van der Waals surface area contributed by atoms with Crippen molar-refractivity contribution in [3.8, 4) is 5.82 Å². The fraction of sp³-hybridized carbons (Fsp3) is 0.650. The maximum atomic E-state index is 6.84. The van der Waals surface area contributed by atoms with E-state index in [0.29, 0.717) is 22.7 Å². The van der Waals surface area contributed by atoms with Gasteiger partial charge in [-0.15, -0.1) is 0 Å². The van der Waals surface area contributed by atoms with Gasteiger partial charge in [-0.25, -0.2) is 9.55 Å². The van der Waals surface area contributed by atoms with Crippen LogP contribution in [0, 0.1) is 0 Å². The van der Waals surface area contributed by atoms with Gasteiger partial charge in [0.1, 0.15) is 6.04 Å². The van der Waals surface area contributed by atoms with Gasteiger partial charge in [-0.2, -0.15) is 0 Å².